The molecule has 17 heavy (non-hydrogen) atoms. The van der Waals surface area contributed by atoms with Crippen LogP contribution in [0.5, 0.6) is 0 Å². The Morgan fingerprint density at radius 2 is 2.24 bits per heavy atom. The van der Waals surface area contributed by atoms with E-state index in [2.05, 4.69) is 14.7 Å². The van der Waals surface area contributed by atoms with Crippen LogP contribution < -0.4 is 4.72 Å². The van der Waals surface area contributed by atoms with E-state index >= 15 is 0 Å². The standard InChI is InChI=1S/C10H10ClN3O2S/c11-9-3-1-2-8(4-9)5-14-17(15,16)10-6-12-7-13-10/h1-4,6-7,14H,5H2,(H,12,13). The first-order valence-corrected chi connectivity index (χ1v) is 6.66. The van der Waals surface area contributed by atoms with Crippen LogP contribution in [0.15, 0.2) is 41.8 Å². The molecule has 1 aromatic heterocycles. The Hall–Kier alpha value is -1.37. The van der Waals surface area contributed by atoms with E-state index in [1.165, 1.54) is 12.5 Å². The van der Waals surface area contributed by atoms with Gasteiger partial charge in [-0.1, -0.05) is 23.7 Å². The highest BCUT2D eigenvalue weighted by Gasteiger charge is 2.14. The minimum Gasteiger partial charge on any atom is -0.335 e. The summed E-state index contributed by atoms with van der Waals surface area (Å²) in [6, 6.07) is 7.00. The molecule has 0 atom stereocenters. The second-order valence-corrected chi connectivity index (χ2v) is 5.54. The van der Waals surface area contributed by atoms with Gasteiger partial charge in [-0.05, 0) is 17.7 Å². The fourth-order valence-corrected chi connectivity index (χ4v) is 2.43. The lowest BCUT2D eigenvalue weighted by molar-refractivity contribution is 0.578. The van der Waals surface area contributed by atoms with Gasteiger partial charge in [0.2, 0.25) is 0 Å². The van der Waals surface area contributed by atoms with E-state index in [1.807, 2.05) is 0 Å². The highest BCUT2D eigenvalue weighted by molar-refractivity contribution is 7.89. The van der Waals surface area contributed by atoms with E-state index in [-0.39, 0.29) is 11.6 Å². The molecule has 0 amide bonds. The molecule has 90 valence electrons. The van der Waals surface area contributed by atoms with Crippen molar-refractivity contribution in [3.8, 4) is 0 Å². The Kier molecular flexibility index (Phi) is 3.46. The van der Waals surface area contributed by atoms with Crippen molar-refractivity contribution >= 4 is 21.6 Å². The molecule has 2 rings (SSSR count). The Labute approximate surface area is 104 Å². The highest BCUT2D eigenvalue weighted by Crippen LogP contribution is 2.11. The number of sulfonamides is 1. The lowest BCUT2D eigenvalue weighted by atomic mass is 10.2. The molecule has 1 heterocycles. The maximum atomic E-state index is 11.7. The smallest absolute Gasteiger partial charge is 0.257 e. The van der Waals surface area contributed by atoms with Gasteiger partial charge in [0.15, 0.2) is 5.03 Å². The van der Waals surface area contributed by atoms with Crippen LogP contribution in [0.1, 0.15) is 5.56 Å². The molecule has 2 N–H and O–H groups in total. The molecule has 0 aliphatic carbocycles. The van der Waals surface area contributed by atoms with E-state index < -0.39 is 10.0 Å². The van der Waals surface area contributed by atoms with Crippen molar-refractivity contribution in [2.45, 2.75) is 11.6 Å². The summed E-state index contributed by atoms with van der Waals surface area (Å²) < 4.78 is 25.9. The number of H-pyrrole nitrogens is 1. The largest absolute Gasteiger partial charge is 0.335 e. The molecule has 7 heteroatoms. The molecule has 0 saturated carbocycles. The van der Waals surface area contributed by atoms with Gasteiger partial charge in [-0.3, -0.25) is 0 Å². The molecule has 0 aliphatic rings. The molecule has 1 aromatic carbocycles. The first-order valence-electron chi connectivity index (χ1n) is 4.80. The highest BCUT2D eigenvalue weighted by atomic mass is 35.5. The number of nitrogens with zero attached hydrogens (tertiary/aromatic N) is 1. The molecule has 0 bridgehead atoms. The number of benzene rings is 1. The summed E-state index contributed by atoms with van der Waals surface area (Å²) >= 11 is 5.80. The van der Waals surface area contributed by atoms with Crippen LogP contribution >= 0.6 is 11.6 Å². The van der Waals surface area contributed by atoms with E-state index in [0.29, 0.717) is 5.02 Å². The third-order valence-electron chi connectivity index (χ3n) is 2.12. The second-order valence-electron chi connectivity index (χ2n) is 3.37. The maximum Gasteiger partial charge on any atom is 0.257 e. The Bertz CT molecular complexity index is 596. The van der Waals surface area contributed by atoms with Crippen LogP contribution in [-0.4, -0.2) is 18.4 Å². The van der Waals surface area contributed by atoms with Crippen molar-refractivity contribution in [2.75, 3.05) is 0 Å². The predicted octanol–water partition coefficient (Wildman–Crippen LogP) is 1.54. The molecule has 5 nitrogen and oxygen atoms in total. The Morgan fingerprint density at radius 3 is 2.88 bits per heavy atom. The van der Waals surface area contributed by atoms with Crippen molar-refractivity contribution in [3.63, 3.8) is 0 Å². The molecule has 0 saturated heterocycles. The van der Waals surface area contributed by atoms with E-state index in [1.54, 1.807) is 24.3 Å². The maximum absolute atomic E-state index is 11.7. The number of imidazole rings is 1. The van der Waals surface area contributed by atoms with Gasteiger partial charge in [0.05, 0.1) is 12.5 Å². The van der Waals surface area contributed by atoms with Gasteiger partial charge in [-0.2, -0.15) is 0 Å². The molecule has 0 fully saturated rings. The van der Waals surface area contributed by atoms with Crippen molar-refractivity contribution in [2.24, 2.45) is 0 Å². The topological polar surface area (TPSA) is 74.8 Å². The molecule has 0 aliphatic heterocycles. The van der Waals surface area contributed by atoms with Crippen LogP contribution in [0, 0.1) is 0 Å². The summed E-state index contributed by atoms with van der Waals surface area (Å²) in [4.78, 5) is 6.20. The molecule has 0 unspecified atom stereocenters. The molecular formula is C10H10ClN3O2S. The third-order valence-corrected chi connectivity index (χ3v) is 3.68. The summed E-state index contributed by atoms with van der Waals surface area (Å²) in [7, 11) is -3.54. The number of aromatic amines is 1. The normalized spacial score (nSPS) is 11.6. The molecule has 2 aromatic rings. The third kappa shape index (κ3) is 3.06. The first-order chi connectivity index (χ1) is 8.08. The zero-order valence-electron chi connectivity index (χ0n) is 8.72. The molecule has 0 spiro atoms. The molecule has 0 radical (unpaired) electrons. The van der Waals surface area contributed by atoms with Crippen molar-refractivity contribution in [1.29, 1.82) is 0 Å². The van der Waals surface area contributed by atoms with Gasteiger partial charge >= 0.3 is 0 Å². The predicted molar refractivity (Wildman–Crippen MR) is 64.1 cm³/mol. The summed E-state index contributed by atoms with van der Waals surface area (Å²) in [5.74, 6) is 0. The van der Waals surface area contributed by atoms with Gasteiger partial charge in [-0.25, -0.2) is 18.1 Å². The first kappa shape index (κ1) is 12.1. The minimum atomic E-state index is -3.54. The Morgan fingerprint density at radius 1 is 1.41 bits per heavy atom. The van der Waals surface area contributed by atoms with Crippen molar-refractivity contribution in [1.82, 2.24) is 14.7 Å². The minimum absolute atomic E-state index is 0.0412. The van der Waals surface area contributed by atoms with Gasteiger partial charge in [0, 0.05) is 11.6 Å². The van der Waals surface area contributed by atoms with E-state index in [9.17, 15) is 8.42 Å². The SMILES string of the molecule is O=S(=O)(NCc1cccc(Cl)c1)c1cnc[nH]1. The van der Waals surface area contributed by atoms with Gasteiger partial charge in [0.1, 0.15) is 0 Å². The summed E-state index contributed by atoms with van der Waals surface area (Å²) in [6.07, 6.45) is 2.56. The number of rotatable bonds is 4. The lowest BCUT2D eigenvalue weighted by Crippen LogP contribution is -2.23. The van der Waals surface area contributed by atoms with Crippen LogP contribution in [0.2, 0.25) is 5.02 Å². The zero-order chi connectivity index (χ0) is 12.3. The van der Waals surface area contributed by atoms with Crippen molar-refractivity contribution < 1.29 is 8.42 Å². The Balaban J connectivity index is 2.08. The number of hydrogen-bond acceptors (Lipinski definition) is 3. The fourth-order valence-electron chi connectivity index (χ4n) is 1.29. The number of halogens is 1. The molecular weight excluding hydrogens is 262 g/mol. The summed E-state index contributed by atoms with van der Waals surface area (Å²) in [6.45, 7) is 0.182. The van der Waals surface area contributed by atoms with Gasteiger partial charge < -0.3 is 4.98 Å². The van der Waals surface area contributed by atoms with E-state index in [4.69, 9.17) is 11.6 Å². The van der Waals surface area contributed by atoms with Crippen LogP contribution in [0.25, 0.3) is 0 Å². The lowest BCUT2D eigenvalue weighted by Gasteiger charge is -2.04. The van der Waals surface area contributed by atoms with Crippen LogP contribution in [0.4, 0.5) is 0 Å². The number of aromatic nitrogens is 2. The summed E-state index contributed by atoms with van der Waals surface area (Å²) in [5.41, 5.74) is 0.792. The fraction of sp³-hybridized carbons (Fsp3) is 0.100. The van der Waals surface area contributed by atoms with Crippen molar-refractivity contribution in [3.05, 3.63) is 47.4 Å². The zero-order valence-corrected chi connectivity index (χ0v) is 10.3. The van der Waals surface area contributed by atoms with E-state index in [0.717, 1.165) is 5.56 Å². The summed E-state index contributed by atoms with van der Waals surface area (Å²) in [5, 5.41) is 0.614. The number of nitrogens with one attached hydrogen (secondary N) is 2. The average molecular weight is 272 g/mol. The van der Waals surface area contributed by atoms with Crippen LogP contribution in [-0.2, 0) is 16.6 Å². The van der Waals surface area contributed by atoms with Crippen LogP contribution in [0.3, 0.4) is 0 Å². The van der Waals surface area contributed by atoms with Gasteiger partial charge in [-0.15, -0.1) is 0 Å². The van der Waals surface area contributed by atoms with Gasteiger partial charge in [0.25, 0.3) is 10.0 Å². The quantitative estimate of drug-likeness (QED) is 0.886. The number of hydrogen-bond donors (Lipinski definition) is 2. The second kappa shape index (κ2) is 4.87. The monoisotopic (exact) mass is 271 g/mol. The average Bonchev–Trinajstić information content (AvgIpc) is 2.81.